The van der Waals surface area contributed by atoms with Crippen LogP contribution in [-0.4, -0.2) is 25.0 Å². The molecular formula is C24H19ClN2O4. The van der Waals surface area contributed by atoms with Crippen LogP contribution >= 0.6 is 11.6 Å². The van der Waals surface area contributed by atoms with Gasteiger partial charge in [-0.1, -0.05) is 41.9 Å². The smallest absolute Gasteiger partial charge is 0.266 e. The number of benzene rings is 3. The van der Waals surface area contributed by atoms with Crippen LogP contribution < -0.4 is 14.7 Å². The third kappa shape index (κ3) is 3.24. The molecule has 0 radical (unpaired) electrons. The maximum Gasteiger partial charge on any atom is 0.266 e. The van der Waals surface area contributed by atoms with E-state index in [1.165, 1.54) is 4.90 Å². The summed E-state index contributed by atoms with van der Waals surface area (Å²) in [5, 5.41) is 2.25. The van der Waals surface area contributed by atoms with Gasteiger partial charge in [0.25, 0.3) is 5.91 Å². The number of nitrogens with zero attached hydrogens (tertiary/aromatic N) is 2. The fraction of sp³-hybridized carbons (Fsp3) is 0.167. The Morgan fingerprint density at radius 3 is 2.13 bits per heavy atom. The first-order valence-electron chi connectivity index (χ1n) is 9.87. The minimum Gasteiger partial charge on any atom is -0.497 e. The largest absolute Gasteiger partial charge is 0.497 e. The standard InChI is InChI=1S/C24H19ClN2O4/c1-30-19-13-11-17(12-14-19)26-23(28)20-21(15-5-3-2-4-6-15)27(31-22(20)24(26)29)18-9-7-16(25)8-10-18/h2-14,20-22H,1H3/t20-,21+,22+/m1/s1. The molecule has 0 N–H and O–H groups in total. The molecule has 0 aromatic heterocycles. The molecule has 0 unspecified atom stereocenters. The molecule has 7 heteroatoms. The normalized spacial score (nSPS) is 22.7. The maximum atomic E-state index is 13.5. The van der Waals surface area contributed by atoms with Gasteiger partial charge in [0, 0.05) is 5.02 Å². The molecule has 2 amide bonds. The van der Waals surface area contributed by atoms with E-state index in [-0.39, 0.29) is 11.8 Å². The van der Waals surface area contributed by atoms with Gasteiger partial charge in [-0.3, -0.25) is 14.4 Å². The van der Waals surface area contributed by atoms with Crippen molar-refractivity contribution in [3.8, 4) is 5.75 Å². The van der Waals surface area contributed by atoms with Crippen LogP contribution in [0.4, 0.5) is 11.4 Å². The highest BCUT2D eigenvalue weighted by Crippen LogP contribution is 2.47. The molecule has 2 saturated heterocycles. The quantitative estimate of drug-likeness (QED) is 0.570. The summed E-state index contributed by atoms with van der Waals surface area (Å²) >= 11 is 6.04. The Kier molecular flexibility index (Phi) is 4.88. The topological polar surface area (TPSA) is 59.1 Å². The van der Waals surface area contributed by atoms with E-state index >= 15 is 0 Å². The number of anilines is 2. The third-order valence-electron chi connectivity index (χ3n) is 5.67. The molecule has 0 saturated carbocycles. The number of imide groups is 1. The van der Waals surface area contributed by atoms with E-state index in [9.17, 15) is 9.59 Å². The zero-order chi connectivity index (χ0) is 21.5. The highest BCUT2D eigenvalue weighted by molar-refractivity contribution is 6.30. The first kappa shape index (κ1) is 19.6. The molecule has 2 aliphatic heterocycles. The number of halogens is 1. The van der Waals surface area contributed by atoms with Crippen molar-refractivity contribution in [3.05, 3.63) is 89.4 Å². The zero-order valence-electron chi connectivity index (χ0n) is 16.6. The number of rotatable bonds is 4. The van der Waals surface area contributed by atoms with Crippen molar-refractivity contribution in [2.75, 3.05) is 17.1 Å². The van der Waals surface area contributed by atoms with Crippen LogP contribution in [-0.2, 0) is 14.4 Å². The zero-order valence-corrected chi connectivity index (χ0v) is 17.4. The second kappa shape index (κ2) is 7.72. The highest BCUT2D eigenvalue weighted by Gasteiger charge is 2.60. The van der Waals surface area contributed by atoms with Gasteiger partial charge in [-0.15, -0.1) is 0 Å². The highest BCUT2D eigenvalue weighted by atomic mass is 35.5. The Morgan fingerprint density at radius 1 is 0.839 bits per heavy atom. The minimum absolute atomic E-state index is 0.287. The first-order valence-corrected chi connectivity index (χ1v) is 10.2. The number of carbonyl (C=O) groups excluding carboxylic acids is 2. The monoisotopic (exact) mass is 434 g/mol. The molecule has 0 spiro atoms. The third-order valence-corrected chi connectivity index (χ3v) is 5.92. The van der Waals surface area contributed by atoms with Crippen molar-refractivity contribution in [3.63, 3.8) is 0 Å². The molecule has 0 aliphatic carbocycles. The summed E-state index contributed by atoms with van der Waals surface area (Å²) in [7, 11) is 1.56. The lowest BCUT2D eigenvalue weighted by Crippen LogP contribution is -2.37. The number of hydrogen-bond donors (Lipinski definition) is 0. The van der Waals surface area contributed by atoms with E-state index < -0.39 is 18.1 Å². The van der Waals surface area contributed by atoms with Crippen molar-refractivity contribution in [1.82, 2.24) is 0 Å². The molecule has 156 valence electrons. The number of ether oxygens (including phenoxy) is 1. The summed E-state index contributed by atoms with van der Waals surface area (Å²) in [6, 6.07) is 23.1. The minimum atomic E-state index is -0.907. The maximum absolute atomic E-state index is 13.5. The Labute approximate surface area is 184 Å². The summed E-state index contributed by atoms with van der Waals surface area (Å²) in [6.07, 6.45) is -0.907. The Bertz CT molecular complexity index is 1120. The van der Waals surface area contributed by atoms with Crippen molar-refractivity contribution in [2.45, 2.75) is 12.1 Å². The summed E-state index contributed by atoms with van der Waals surface area (Å²) in [4.78, 5) is 34.1. The predicted molar refractivity (Wildman–Crippen MR) is 117 cm³/mol. The SMILES string of the molecule is COc1ccc(N2C(=O)[C@H]3[C@H](ON(c4ccc(Cl)cc4)[C@H]3c3ccccc3)C2=O)cc1. The van der Waals surface area contributed by atoms with E-state index in [1.54, 1.807) is 48.6 Å². The van der Waals surface area contributed by atoms with Gasteiger partial charge in [-0.05, 0) is 54.1 Å². The lowest BCUT2D eigenvalue weighted by molar-refractivity contribution is -0.126. The van der Waals surface area contributed by atoms with Crippen LogP contribution in [0.2, 0.25) is 5.02 Å². The van der Waals surface area contributed by atoms with Gasteiger partial charge in [-0.25, -0.2) is 9.96 Å². The van der Waals surface area contributed by atoms with Crippen LogP contribution in [0.5, 0.6) is 5.75 Å². The number of amides is 2. The molecule has 2 fully saturated rings. The number of methoxy groups -OCH3 is 1. The average molecular weight is 435 g/mol. The van der Waals surface area contributed by atoms with Crippen molar-refractivity contribution >= 4 is 34.8 Å². The number of hydroxylamine groups is 1. The molecule has 6 nitrogen and oxygen atoms in total. The van der Waals surface area contributed by atoms with Gasteiger partial charge < -0.3 is 4.74 Å². The fourth-order valence-corrected chi connectivity index (χ4v) is 4.33. The molecule has 31 heavy (non-hydrogen) atoms. The molecule has 3 atom stereocenters. The molecule has 2 aliphatic rings. The van der Waals surface area contributed by atoms with Gasteiger partial charge in [0.2, 0.25) is 5.91 Å². The average Bonchev–Trinajstić information content (AvgIpc) is 3.31. The molecule has 0 bridgehead atoms. The summed E-state index contributed by atoms with van der Waals surface area (Å²) in [5.41, 5.74) is 2.12. The number of hydrogen-bond acceptors (Lipinski definition) is 5. The second-order valence-electron chi connectivity index (χ2n) is 7.42. The molecule has 3 aromatic carbocycles. The molecular weight excluding hydrogens is 416 g/mol. The van der Waals surface area contributed by atoms with Crippen LogP contribution in [0.3, 0.4) is 0 Å². The van der Waals surface area contributed by atoms with Crippen molar-refractivity contribution < 1.29 is 19.2 Å². The van der Waals surface area contributed by atoms with E-state index in [0.29, 0.717) is 16.5 Å². The van der Waals surface area contributed by atoms with Gasteiger partial charge in [-0.2, -0.15) is 0 Å². The van der Waals surface area contributed by atoms with E-state index in [1.807, 2.05) is 42.5 Å². The Balaban J connectivity index is 1.55. The van der Waals surface area contributed by atoms with Crippen LogP contribution in [0, 0.1) is 5.92 Å². The number of carbonyl (C=O) groups is 2. The summed E-state index contributed by atoms with van der Waals surface area (Å²) < 4.78 is 5.18. The van der Waals surface area contributed by atoms with Crippen molar-refractivity contribution in [2.24, 2.45) is 5.92 Å². The Hall–Kier alpha value is -3.35. The Morgan fingerprint density at radius 2 is 1.48 bits per heavy atom. The van der Waals surface area contributed by atoms with E-state index in [4.69, 9.17) is 21.2 Å². The van der Waals surface area contributed by atoms with Crippen LogP contribution in [0.1, 0.15) is 11.6 Å². The lowest BCUT2D eigenvalue weighted by atomic mass is 9.90. The van der Waals surface area contributed by atoms with Crippen LogP contribution in [0.15, 0.2) is 78.9 Å². The predicted octanol–water partition coefficient (Wildman–Crippen LogP) is 4.40. The molecule has 3 aromatic rings. The van der Waals surface area contributed by atoms with Gasteiger partial charge in [0.1, 0.15) is 11.7 Å². The molecule has 5 rings (SSSR count). The van der Waals surface area contributed by atoms with E-state index in [2.05, 4.69) is 0 Å². The molecule has 2 heterocycles. The summed E-state index contributed by atoms with van der Waals surface area (Å²) in [6.45, 7) is 0. The summed E-state index contributed by atoms with van der Waals surface area (Å²) in [5.74, 6) is -0.689. The van der Waals surface area contributed by atoms with Gasteiger partial charge >= 0.3 is 0 Å². The van der Waals surface area contributed by atoms with Crippen LogP contribution in [0.25, 0.3) is 0 Å². The first-order chi connectivity index (χ1) is 15.1. The van der Waals surface area contributed by atoms with Gasteiger partial charge in [0.05, 0.1) is 24.5 Å². The fourth-order valence-electron chi connectivity index (χ4n) is 4.20. The van der Waals surface area contributed by atoms with E-state index in [0.717, 1.165) is 11.3 Å². The second-order valence-corrected chi connectivity index (χ2v) is 7.86. The lowest BCUT2D eigenvalue weighted by Gasteiger charge is -2.28. The van der Waals surface area contributed by atoms with Gasteiger partial charge in [0.15, 0.2) is 6.10 Å². The number of fused-ring (bicyclic) bond motifs is 1. The van der Waals surface area contributed by atoms with Crippen molar-refractivity contribution in [1.29, 1.82) is 0 Å².